The number of aliphatic hydroxyl groups is 1. The standard InChI is InChI=1S/C13H20N4O2/c1-13(2,14)12(19)17-7-9(11(18)8-17)5-10-6-15-3-4-16-10/h3-4,6,9,11,18H,5,7-8,14H2,1-2H3/t9-,11-/m1/s1. The summed E-state index contributed by atoms with van der Waals surface area (Å²) in [5, 5.41) is 10.1. The minimum Gasteiger partial charge on any atom is -0.391 e. The van der Waals surface area contributed by atoms with Gasteiger partial charge in [0, 0.05) is 37.6 Å². The van der Waals surface area contributed by atoms with Gasteiger partial charge < -0.3 is 15.7 Å². The van der Waals surface area contributed by atoms with E-state index in [0.717, 1.165) is 5.69 Å². The summed E-state index contributed by atoms with van der Waals surface area (Å²) in [7, 11) is 0. The smallest absolute Gasteiger partial charge is 0.242 e. The quantitative estimate of drug-likeness (QED) is 0.773. The van der Waals surface area contributed by atoms with Gasteiger partial charge in [0.1, 0.15) is 0 Å². The Bertz CT molecular complexity index is 444. The first kappa shape index (κ1) is 13.9. The number of nitrogens with two attached hydrogens (primary N) is 1. The molecule has 2 atom stereocenters. The number of carbonyl (C=O) groups is 1. The van der Waals surface area contributed by atoms with Crippen molar-refractivity contribution in [2.75, 3.05) is 13.1 Å². The lowest BCUT2D eigenvalue weighted by molar-refractivity contribution is -0.135. The minimum atomic E-state index is -0.902. The molecular formula is C13H20N4O2. The first-order valence-corrected chi connectivity index (χ1v) is 6.39. The van der Waals surface area contributed by atoms with Crippen LogP contribution in [0, 0.1) is 5.92 Å². The van der Waals surface area contributed by atoms with E-state index in [1.165, 1.54) is 0 Å². The Balaban J connectivity index is 2.00. The van der Waals surface area contributed by atoms with Crippen LogP contribution in [0.25, 0.3) is 0 Å². The largest absolute Gasteiger partial charge is 0.391 e. The average molecular weight is 264 g/mol. The van der Waals surface area contributed by atoms with Crippen molar-refractivity contribution in [3.8, 4) is 0 Å². The van der Waals surface area contributed by atoms with E-state index in [1.54, 1.807) is 37.3 Å². The number of β-amino-alcohol motifs (C(OH)–C–C–N with tert-alkyl or cyclic N) is 1. The van der Waals surface area contributed by atoms with E-state index < -0.39 is 11.6 Å². The molecule has 0 radical (unpaired) electrons. The second-order valence-electron chi connectivity index (χ2n) is 5.66. The van der Waals surface area contributed by atoms with Crippen LogP contribution in [-0.4, -0.2) is 50.6 Å². The molecule has 1 aliphatic heterocycles. The maximum absolute atomic E-state index is 12.1. The van der Waals surface area contributed by atoms with Crippen molar-refractivity contribution in [1.82, 2.24) is 14.9 Å². The fraction of sp³-hybridized carbons (Fsp3) is 0.615. The molecule has 1 fully saturated rings. The molecule has 1 aromatic heterocycles. The molecule has 104 valence electrons. The lowest BCUT2D eigenvalue weighted by atomic mass is 10.0. The number of rotatable bonds is 3. The maximum atomic E-state index is 12.1. The second kappa shape index (κ2) is 5.22. The van der Waals surface area contributed by atoms with Crippen molar-refractivity contribution in [2.45, 2.75) is 31.9 Å². The lowest BCUT2D eigenvalue weighted by Crippen LogP contribution is -2.50. The molecule has 6 heteroatoms. The zero-order chi connectivity index (χ0) is 14.0. The predicted molar refractivity (Wildman–Crippen MR) is 70.1 cm³/mol. The topological polar surface area (TPSA) is 92.3 Å². The second-order valence-corrected chi connectivity index (χ2v) is 5.66. The van der Waals surface area contributed by atoms with Crippen LogP contribution in [0.1, 0.15) is 19.5 Å². The molecule has 2 rings (SSSR count). The third kappa shape index (κ3) is 3.27. The van der Waals surface area contributed by atoms with Gasteiger partial charge in [-0.1, -0.05) is 0 Å². The zero-order valence-electron chi connectivity index (χ0n) is 11.3. The summed E-state index contributed by atoms with van der Waals surface area (Å²) in [6, 6.07) is 0. The SMILES string of the molecule is CC(C)(N)C(=O)N1C[C@@H](Cc2cnccn2)[C@H](O)C1. The van der Waals surface area contributed by atoms with Crippen LogP contribution in [0.5, 0.6) is 0 Å². The Morgan fingerprint density at radius 3 is 2.84 bits per heavy atom. The molecule has 1 amide bonds. The van der Waals surface area contributed by atoms with Crippen molar-refractivity contribution in [3.63, 3.8) is 0 Å². The molecular weight excluding hydrogens is 244 g/mol. The highest BCUT2D eigenvalue weighted by molar-refractivity contribution is 5.85. The van der Waals surface area contributed by atoms with Gasteiger partial charge in [0.2, 0.25) is 5.91 Å². The summed E-state index contributed by atoms with van der Waals surface area (Å²) in [6.07, 6.45) is 5.01. The molecule has 2 heterocycles. The van der Waals surface area contributed by atoms with Crippen LogP contribution in [0.15, 0.2) is 18.6 Å². The van der Waals surface area contributed by atoms with Crippen molar-refractivity contribution < 1.29 is 9.90 Å². The first-order chi connectivity index (χ1) is 8.88. The van der Waals surface area contributed by atoms with Gasteiger partial charge in [0.05, 0.1) is 17.3 Å². The third-order valence-electron chi connectivity index (χ3n) is 3.33. The van der Waals surface area contributed by atoms with Crippen LogP contribution in [0.2, 0.25) is 0 Å². The van der Waals surface area contributed by atoms with Gasteiger partial charge in [0.15, 0.2) is 0 Å². The fourth-order valence-electron chi connectivity index (χ4n) is 2.33. The van der Waals surface area contributed by atoms with Crippen molar-refractivity contribution in [3.05, 3.63) is 24.3 Å². The summed E-state index contributed by atoms with van der Waals surface area (Å²) in [6.45, 7) is 4.21. The molecule has 6 nitrogen and oxygen atoms in total. The van der Waals surface area contributed by atoms with Crippen LogP contribution < -0.4 is 5.73 Å². The van der Waals surface area contributed by atoms with Gasteiger partial charge in [-0.25, -0.2) is 0 Å². The molecule has 0 aliphatic carbocycles. The van der Waals surface area contributed by atoms with Crippen molar-refractivity contribution in [1.29, 1.82) is 0 Å². The number of hydrogen-bond donors (Lipinski definition) is 2. The summed E-state index contributed by atoms with van der Waals surface area (Å²) in [5.74, 6) is -0.142. The van der Waals surface area contributed by atoms with Gasteiger partial charge in [-0.05, 0) is 20.3 Å². The molecule has 3 N–H and O–H groups in total. The van der Waals surface area contributed by atoms with E-state index in [9.17, 15) is 9.90 Å². The normalized spacial score (nSPS) is 23.7. The van der Waals surface area contributed by atoms with E-state index in [0.29, 0.717) is 19.5 Å². The summed E-state index contributed by atoms with van der Waals surface area (Å²) in [5.41, 5.74) is 5.73. The Morgan fingerprint density at radius 1 is 1.53 bits per heavy atom. The molecule has 0 bridgehead atoms. The van der Waals surface area contributed by atoms with Crippen molar-refractivity contribution in [2.24, 2.45) is 11.7 Å². The van der Waals surface area contributed by atoms with E-state index in [1.807, 2.05) is 0 Å². The minimum absolute atomic E-state index is 0.0111. The number of aliphatic hydroxyl groups excluding tert-OH is 1. The highest BCUT2D eigenvalue weighted by atomic mass is 16.3. The Hall–Kier alpha value is -1.53. The molecule has 1 aliphatic rings. The molecule has 0 unspecified atom stereocenters. The lowest BCUT2D eigenvalue weighted by Gasteiger charge is -2.25. The van der Waals surface area contributed by atoms with E-state index in [-0.39, 0.29) is 11.8 Å². The monoisotopic (exact) mass is 264 g/mol. The number of likely N-dealkylation sites (tertiary alicyclic amines) is 1. The Kier molecular flexibility index (Phi) is 3.82. The van der Waals surface area contributed by atoms with Crippen LogP contribution in [0.3, 0.4) is 0 Å². The molecule has 0 saturated carbocycles. The van der Waals surface area contributed by atoms with E-state index >= 15 is 0 Å². The van der Waals surface area contributed by atoms with E-state index in [4.69, 9.17) is 5.73 Å². The van der Waals surface area contributed by atoms with Gasteiger partial charge >= 0.3 is 0 Å². The number of carbonyl (C=O) groups excluding carboxylic acids is 1. The number of amides is 1. The van der Waals surface area contributed by atoms with Gasteiger partial charge in [-0.3, -0.25) is 14.8 Å². The first-order valence-electron chi connectivity index (χ1n) is 6.39. The number of hydrogen-bond acceptors (Lipinski definition) is 5. The summed E-state index contributed by atoms with van der Waals surface area (Å²) in [4.78, 5) is 21.9. The third-order valence-corrected chi connectivity index (χ3v) is 3.33. The highest BCUT2D eigenvalue weighted by Crippen LogP contribution is 2.22. The summed E-state index contributed by atoms with van der Waals surface area (Å²) < 4.78 is 0. The summed E-state index contributed by atoms with van der Waals surface area (Å²) >= 11 is 0. The number of nitrogens with zero attached hydrogens (tertiary/aromatic N) is 3. The van der Waals surface area contributed by atoms with Gasteiger partial charge in [0.25, 0.3) is 0 Å². The molecule has 0 spiro atoms. The van der Waals surface area contributed by atoms with Crippen LogP contribution in [0.4, 0.5) is 0 Å². The zero-order valence-corrected chi connectivity index (χ0v) is 11.3. The molecule has 1 aromatic rings. The predicted octanol–water partition coefficient (Wildman–Crippen LogP) is -0.424. The number of aromatic nitrogens is 2. The highest BCUT2D eigenvalue weighted by Gasteiger charge is 2.38. The Labute approximate surface area is 112 Å². The maximum Gasteiger partial charge on any atom is 0.242 e. The van der Waals surface area contributed by atoms with Crippen molar-refractivity contribution >= 4 is 5.91 Å². The Morgan fingerprint density at radius 2 is 2.26 bits per heavy atom. The van der Waals surface area contributed by atoms with Gasteiger partial charge in [-0.2, -0.15) is 0 Å². The van der Waals surface area contributed by atoms with E-state index in [2.05, 4.69) is 9.97 Å². The van der Waals surface area contributed by atoms with Gasteiger partial charge in [-0.15, -0.1) is 0 Å². The molecule has 19 heavy (non-hydrogen) atoms. The van der Waals surface area contributed by atoms with Crippen LogP contribution >= 0.6 is 0 Å². The van der Waals surface area contributed by atoms with Crippen LogP contribution in [-0.2, 0) is 11.2 Å². The fourth-order valence-corrected chi connectivity index (χ4v) is 2.33. The molecule has 1 saturated heterocycles. The molecule has 0 aromatic carbocycles. The average Bonchev–Trinajstić information content (AvgIpc) is 2.70.